The number of benzene rings is 3. The van der Waals surface area contributed by atoms with E-state index in [1.54, 1.807) is 36.4 Å². The van der Waals surface area contributed by atoms with Crippen LogP contribution in [0.4, 0.5) is 16.2 Å². The minimum absolute atomic E-state index is 0.407. The Morgan fingerprint density at radius 2 is 1.82 bits per heavy atom. The molecule has 0 saturated heterocycles. The minimum atomic E-state index is -0.407. The summed E-state index contributed by atoms with van der Waals surface area (Å²) in [7, 11) is 1.54. The van der Waals surface area contributed by atoms with Crippen molar-refractivity contribution in [3.63, 3.8) is 0 Å². The van der Waals surface area contributed by atoms with Crippen molar-refractivity contribution in [3.8, 4) is 17.2 Å². The zero-order chi connectivity index (χ0) is 19.5. The quantitative estimate of drug-likeness (QED) is 0.459. The molecule has 0 bridgehead atoms. The predicted molar refractivity (Wildman–Crippen MR) is 110 cm³/mol. The Morgan fingerprint density at radius 3 is 2.57 bits per heavy atom. The third kappa shape index (κ3) is 3.77. The van der Waals surface area contributed by atoms with Gasteiger partial charge >= 0.3 is 6.03 Å². The van der Waals surface area contributed by atoms with Crippen LogP contribution in [0.5, 0.6) is 5.75 Å². The van der Waals surface area contributed by atoms with Gasteiger partial charge in [-0.2, -0.15) is 0 Å². The third-order valence-corrected chi connectivity index (χ3v) is 4.34. The normalized spacial score (nSPS) is 10.6. The van der Waals surface area contributed by atoms with Crippen molar-refractivity contribution in [2.24, 2.45) is 0 Å². The van der Waals surface area contributed by atoms with Crippen molar-refractivity contribution >= 4 is 40.1 Å². The van der Waals surface area contributed by atoms with Crippen molar-refractivity contribution < 1.29 is 13.9 Å². The molecule has 0 fully saturated rings. The zero-order valence-electron chi connectivity index (χ0n) is 14.9. The minimum Gasteiger partial charge on any atom is -0.495 e. The number of methoxy groups -OCH3 is 1. The van der Waals surface area contributed by atoms with Gasteiger partial charge in [0.05, 0.1) is 12.8 Å². The Labute approximate surface area is 166 Å². The van der Waals surface area contributed by atoms with Crippen LogP contribution in [-0.2, 0) is 0 Å². The highest BCUT2D eigenvalue weighted by Crippen LogP contribution is 2.32. The lowest BCUT2D eigenvalue weighted by molar-refractivity contribution is 0.262. The first-order valence-corrected chi connectivity index (χ1v) is 8.88. The summed E-state index contributed by atoms with van der Waals surface area (Å²) in [5, 5.41) is 6.13. The molecule has 0 saturated carbocycles. The number of urea groups is 1. The number of hydrogen-bond donors (Lipinski definition) is 2. The molecule has 6 nitrogen and oxygen atoms in total. The molecule has 0 radical (unpaired) electrons. The molecular formula is C21H16ClN3O3. The van der Waals surface area contributed by atoms with Gasteiger partial charge in [0.25, 0.3) is 0 Å². The number of carbonyl (C=O) groups is 1. The maximum absolute atomic E-state index is 12.4. The summed E-state index contributed by atoms with van der Waals surface area (Å²) >= 11 is 5.86. The van der Waals surface area contributed by atoms with Gasteiger partial charge in [0.15, 0.2) is 5.58 Å². The van der Waals surface area contributed by atoms with Crippen molar-refractivity contribution in [2.75, 3.05) is 17.7 Å². The van der Waals surface area contributed by atoms with E-state index in [4.69, 9.17) is 20.8 Å². The number of anilines is 2. The molecule has 0 aliphatic rings. The molecule has 4 aromatic rings. The first kappa shape index (κ1) is 17.9. The van der Waals surface area contributed by atoms with Crippen LogP contribution in [0.2, 0.25) is 5.02 Å². The van der Waals surface area contributed by atoms with Gasteiger partial charge in [0, 0.05) is 16.3 Å². The standard InChI is InChI=1S/C21H16ClN3O3/c1-27-18-11-6-13(20-24-16-4-2-3-5-19(16)28-20)12-17(18)25-21(26)23-15-9-7-14(22)8-10-15/h2-12H,1H3,(H2,23,25,26). The summed E-state index contributed by atoms with van der Waals surface area (Å²) in [5.74, 6) is 0.983. The fraction of sp³-hybridized carbons (Fsp3) is 0.0476. The average Bonchev–Trinajstić information content (AvgIpc) is 3.14. The molecule has 0 spiro atoms. The van der Waals surface area contributed by atoms with Crippen molar-refractivity contribution in [1.82, 2.24) is 4.98 Å². The van der Waals surface area contributed by atoms with Crippen LogP contribution < -0.4 is 15.4 Å². The molecule has 2 N–H and O–H groups in total. The van der Waals surface area contributed by atoms with Crippen molar-refractivity contribution in [3.05, 3.63) is 71.8 Å². The molecule has 140 valence electrons. The fourth-order valence-corrected chi connectivity index (χ4v) is 2.88. The zero-order valence-corrected chi connectivity index (χ0v) is 15.7. The smallest absolute Gasteiger partial charge is 0.323 e. The number of halogens is 1. The number of ether oxygens (including phenoxy) is 1. The Hall–Kier alpha value is -3.51. The number of nitrogens with one attached hydrogen (secondary N) is 2. The van der Waals surface area contributed by atoms with Crippen molar-refractivity contribution in [1.29, 1.82) is 0 Å². The van der Waals surface area contributed by atoms with E-state index < -0.39 is 6.03 Å². The molecule has 1 heterocycles. The number of aromatic nitrogens is 1. The number of para-hydroxylation sites is 2. The number of amides is 2. The van der Waals surface area contributed by atoms with E-state index in [2.05, 4.69) is 15.6 Å². The number of fused-ring (bicyclic) bond motifs is 1. The van der Waals surface area contributed by atoms with Crippen LogP contribution in [-0.4, -0.2) is 18.1 Å². The molecule has 0 atom stereocenters. The monoisotopic (exact) mass is 393 g/mol. The Bertz CT molecular complexity index is 1110. The number of rotatable bonds is 4. The van der Waals surface area contributed by atoms with E-state index in [0.29, 0.717) is 33.6 Å². The van der Waals surface area contributed by atoms with Gasteiger partial charge in [-0.3, -0.25) is 0 Å². The average molecular weight is 394 g/mol. The topological polar surface area (TPSA) is 76.4 Å². The molecule has 28 heavy (non-hydrogen) atoms. The van der Waals surface area contributed by atoms with E-state index in [1.807, 2.05) is 30.3 Å². The number of oxazole rings is 1. The summed E-state index contributed by atoms with van der Waals surface area (Å²) in [5.41, 5.74) is 3.30. The number of nitrogens with zero attached hydrogens (tertiary/aromatic N) is 1. The summed E-state index contributed by atoms with van der Waals surface area (Å²) in [4.78, 5) is 16.9. The summed E-state index contributed by atoms with van der Waals surface area (Å²) in [6.45, 7) is 0. The molecule has 7 heteroatoms. The number of hydrogen-bond acceptors (Lipinski definition) is 4. The van der Waals surface area contributed by atoms with Gasteiger partial charge in [-0.05, 0) is 54.6 Å². The lowest BCUT2D eigenvalue weighted by atomic mass is 10.2. The Morgan fingerprint density at radius 1 is 1.04 bits per heavy atom. The van der Waals surface area contributed by atoms with E-state index in [0.717, 1.165) is 11.1 Å². The van der Waals surface area contributed by atoms with Gasteiger partial charge in [-0.15, -0.1) is 0 Å². The van der Waals surface area contributed by atoms with Crippen LogP contribution in [0.25, 0.3) is 22.6 Å². The summed E-state index contributed by atoms with van der Waals surface area (Å²) < 4.78 is 11.2. The second-order valence-electron chi connectivity index (χ2n) is 5.99. The van der Waals surface area contributed by atoms with Gasteiger partial charge in [0.1, 0.15) is 11.3 Å². The number of carbonyl (C=O) groups excluding carboxylic acids is 1. The molecule has 0 unspecified atom stereocenters. The first-order chi connectivity index (χ1) is 13.6. The molecule has 0 aliphatic carbocycles. The highest BCUT2D eigenvalue weighted by atomic mass is 35.5. The SMILES string of the molecule is COc1ccc(-c2nc3ccccc3o2)cc1NC(=O)Nc1ccc(Cl)cc1. The van der Waals surface area contributed by atoms with Crippen LogP contribution in [0.15, 0.2) is 71.1 Å². The highest BCUT2D eigenvalue weighted by Gasteiger charge is 2.13. The molecule has 1 aromatic heterocycles. The lowest BCUT2D eigenvalue weighted by Gasteiger charge is -2.12. The van der Waals surface area contributed by atoms with Gasteiger partial charge < -0.3 is 19.8 Å². The molecule has 0 aliphatic heterocycles. The van der Waals surface area contributed by atoms with Crippen LogP contribution >= 0.6 is 11.6 Å². The lowest BCUT2D eigenvalue weighted by Crippen LogP contribution is -2.19. The molecule has 2 amide bonds. The third-order valence-electron chi connectivity index (χ3n) is 4.09. The Kier molecular flexibility index (Phi) is 4.87. The molecular weight excluding hydrogens is 378 g/mol. The van der Waals surface area contributed by atoms with Gasteiger partial charge in [0.2, 0.25) is 5.89 Å². The highest BCUT2D eigenvalue weighted by molar-refractivity contribution is 6.30. The first-order valence-electron chi connectivity index (χ1n) is 8.50. The maximum atomic E-state index is 12.4. The van der Waals surface area contributed by atoms with Gasteiger partial charge in [-0.25, -0.2) is 9.78 Å². The van der Waals surface area contributed by atoms with Crippen molar-refractivity contribution in [2.45, 2.75) is 0 Å². The largest absolute Gasteiger partial charge is 0.495 e. The maximum Gasteiger partial charge on any atom is 0.323 e. The summed E-state index contributed by atoms with van der Waals surface area (Å²) in [6, 6.07) is 19.3. The summed E-state index contributed by atoms with van der Waals surface area (Å²) in [6.07, 6.45) is 0. The van der Waals surface area contributed by atoms with Crippen LogP contribution in [0.1, 0.15) is 0 Å². The second-order valence-corrected chi connectivity index (χ2v) is 6.42. The Balaban J connectivity index is 1.59. The predicted octanol–water partition coefficient (Wildman–Crippen LogP) is 5.80. The van der Waals surface area contributed by atoms with Crippen LogP contribution in [0, 0.1) is 0 Å². The van der Waals surface area contributed by atoms with E-state index in [1.165, 1.54) is 7.11 Å². The molecule has 4 rings (SSSR count). The fourth-order valence-electron chi connectivity index (χ4n) is 2.75. The van der Waals surface area contributed by atoms with Crippen LogP contribution in [0.3, 0.4) is 0 Å². The van der Waals surface area contributed by atoms with E-state index >= 15 is 0 Å². The second kappa shape index (κ2) is 7.62. The van der Waals surface area contributed by atoms with E-state index in [-0.39, 0.29) is 0 Å². The van der Waals surface area contributed by atoms with E-state index in [9.17, 15) is 4.79 Å². The van der Waals surface area contributed by atoms with Gasteiger partial charge in [-0.1, -0.05) is 23.7 Å². The molecule has 3 aromatic carbocycles.